The van der Waals surface area contributed by atoms with Crippen molar-refractivity contribution >= 4 is 11.8 Å². The largest absolute Gasteiger partial charge is 0.312 e. The normalized spacial score (nSPS) is 12.4. The van der Waals surface area contributed by atoms with Crippen molar-refractivity contribution in [1.29, 1.82) is 0 Å². The van der Waals surface area contributed by atoms with Crippen molar-refractivity contribution in [3.63, 3.8) is 0 Å². The number of thioether (sulfide) groups is 1. The van der Waals surface area contributed by atoms with Crippen LogP contribution in [0.3, 0.4) is 0 Å². The summed E-state index contributed by atoms with van der Waals surface area (Å²) in [7, 11) is 1.95. The molecule has 0 saturated heterocycles. The molecule has 3 heteroatoms. The molecular formula is C16H20N2S. The highest BCUT2D eigenvalue weighted by atomic mass is 32.2. The summed E-state index contributed by atoms with van der Waals surface area (Å²) in [6.07, 6.45) is 1.96. The van der Waals surface area contributed by atoms with E-state index in [9.17, 15) is 0 Å². The Balaban J connectivity index is 1.96. The van der Waals surface area contributed by atoms with Gasteiger partial charge in [0.25, 0.3) is 0 Å². The second kappa shape index (κ2) is 6.73. The number of benzene rings is 1. The Bertz CT molecular complexity index is 523. The van der Waals surface area contributed by atoms with Crippen LogP contribution in [0.1, 0.15) is 29.8 Å². The first kappa shape index (κ1) is 14.1. The highest BCUT2D eigenvalue weighted by molar-refractivity contribution is 7.98. The van der Waals surface area contributed by atoms with Gasteiger partial charge in [-0.2, -0.15) is 0 Å². The maximum atomic E-state index is 4.50. The zero-order chi connectivity index (χ0) is 13.7. The van der Waals surface area contributed by atoms with Crippen molar-refractivity contribution in [2.24, 2.45) is 0 Å². The molecule has 0 radical (unpaired) electrons. The lowest BCUT2D eigenvalue weighted by Crippen LogP contribution is -2.13. The van der Waals surface area contributed by atoms with Crippen LogP contribution < -0.4 is 5.32 Å². The average molecular weight is 272 g/mol. The number of nitrogens with zero attached hydrogens (tertiary/aromatic N) is 1. The molecule has 1 aromatic heterocycles. The van der Waals surface area contributed by atoms with E-state index < -0.39 is 0 Å². The second-order valence-electron chi connectivity index (χ2n) is 4.71. The van der Waals surface area contributed by atoms with Crippen LogP contribution in [0.4, 0.5) is 0 Å². The van der Waals surface area contributed by atoms with Gasteiger partial charge < -0.3 is 5.32 Å². The van der Waals surface area contributed by atoms with Gasteiger partial charge in [0.15, 0.2) is 0 Å². The molecule has 1 unspecified atom stereocenters. The molecule has 2 aromatic rings. The molecule has 19 heavy (non-hydrogen) atoms. The third-order valence-corrected chi connectivity index (χ3v) is 4.18. The van der Waals surface area contributed by atoms with Crippen molar-refractivity contribution in [1.82, 2.24) is 10.3 Å². The Kier molecular flexibility index (Phi) is 5.00. The maximum Gasteiger partial charge on any atom is 0.0571 e. The molecule has 2 nitrogen and oxygen atoms in total. The molecule has 1 atom stereocenters. The standard InChI is InChI=1S/C16H20N2S/c1-12-5-4-6-14(9-12)11-19-15-7-8-16(18-10-15)13(2)17-3/h4-10,13,17H,11H2,1-3H3. The van der Waals surface area contributed by atoms with Crippen LogP contribution in [0.25, 0.3) is 0 Å². The van der Waals surface area contributed by atoms with E-state index in [-0.39, 0.29) is 0 Å². The van der Waals surface area contributed by atoms with Crippen LogP contribution in [0, 0.1) is 6.92 Å². The fraction of sp³-hybridized carbons (Fsp3) is 0.312. The first-order chi connectivity index (χ1) is 9.19. The summed E-state index contributed by atoms with van der Waals surface area (Å²) in [5, 5.41) is 3.20. The molecule has 1 N–H and O–H groups in total. The number of hydrogen-bond donors (Lipinski definition) is 1. The van der Waals surface area contributed by atoms with E-state index in [1.54, 1.807) is 0 Å². The van der Waals surface area contributed by atoms with Crippen LogP contribution >= 0.6 is 11.8 Å². The number of nitrogens with one attached hydrogen (secondary N) is 1. The Morgan fingerprint density at radius 1 is 1.26 bits per heavy atom. The molecule has 0 saturated carbocycles. The fourth-order valence-electron chi connectivity index (χ4n) is 1.85. The van der Waals surface area contributed by atoms with Crippen LogP contribution in [0.2, 0.25) is 0 Å². The molecule has 0 amide bonds. The monoisotopic (exact) mass is 272 g/mol. The van der Waals surface area contributed by atoms with Crippen molar-refractivity contribution in [3.05, 3.63) is 59.4 Å². The predicted molar refractivity (Wildman–Crippen MR) is 82.5 cm³/mol. The quantitative estimate of drug-likeness (QED) is 0.834. The minimum Gasteiger partial charge on any atom is -0.312 e. The molecule has 0 aliphatic carbocycles. The minimum absolute atomic E-state index is 0.302. The Morgan fingerprint density at radius 3 is 2.74 bits per heavy atom. The van der Waals surface area contributed by atoms with E-state index in [2.05, 4.69) is 60.5 Å². The maximum absolute atomic E-state index is 4.50. The van der Waals surface area contributed by atoms with Gasteiger partial charge >= 0.3 is 0 Å². The van der Waals surface area contributed by atoms with E-state index in [0.29, 0.717) is 6.04 Å². The lowest BCUT2D eigenvalue weighted by molar-refractivity contribution is 0.631. The molecule has 0 fully saturated rings. The van der Waals surface area contributed by atoms with Crippen molar-refractivity contribution in [3.8, 4) is 0 Å². The fourth-order valence-corrected chi connectivity index (χ4v) is 2.65. The summed E-state index contributed by atoms with van der Waals surface area (Å²) in [5.41, 5.74) is 3.76. The lowest BCUT2D eigenvalue weighted by atomic mass is 10.2. The van der Waals surface area contributed by atoms with E-state index >= 15 is 0 Å². The Morgan fingerprint density at radius 2 is 2.11 bits per heavy atom. The highest BCUT2D eigenvalue weighted by Crippen LogP contribution is 2.23. The first-order valence-corrected chi connectivity index (χ1v) is 7.49. The lowest BCUT2D eigenvalue weighted by Gasteiger charge is -2.09. The summed E-state index contributed by atoms with van der Waals surface area (Å²) < 4.78 is 0. The molecule has 0 aliphatic rings. The van der Waals surface area contributed by atoms with Gasteiger partial charge in [-0.3, -0.25) is 4.98 Å². The van der Waals surface area contributed by atoms with Crippen LogP contribution in [0.15, 0.2) is 47.5 Å². The molecule has 100 valence electrons. The Hall–Kier alpha value is -1.32. The zero-order valence-corrected chi connectivity index (χ0v) is 12.5. The van der Waals surface area contributed by atoms with Gasteiger partial charge in [-0.05, 0) is 38.6 Å². The van der Waals surface area contributed by atoms with Crippen molar-refractivity contribution < 1.29 is 0 Å². The molecule has 2 rings (SSSR count). The minimum atomic E-state index is 0.302. The van der Waals surface area contributed by atoms with Crippen molar-refractivity contribution in [2.45, 2.75) is 30.5 Å². The molecule has 0 bridgehead atoms. The topological polar surface area (TPSA) is 24.9 Å². The van der Waals surface area contributed by atoms with E-state index in [4.69, 9.17) is 0 Å². The van der Waals surface area contributed by atoms with E-state index in [1.807, 2.05) is 25.0 Å². The van der Waals surface area contributed by atoms with E-state index in [1.165, 1.54) is 16.0 Å². The third kappa shape index (κ3) is 4.08. The molecular weight excluding hydrogens is 252 g/mol. The molecule has 0 spiro atoms. The second-order valence-corrected chi connectivity index (χ2v) is 5.76. The van der Waals surface area contributed by atoms with Gasteiger partial charge in [0.05, 0.1) is 5.69 Å². The third-order valence-electron chi connectivity index (χ3n) is 3.12. The zero-order valence-electron chi connectivity index (χ0n) is 11.7. The number of pyridine rings is 1. The highest BCUT2D eigenvalue weighted by Gasteiger charge is 2.04. The summed E-state index contributed by atoms with van der Waals surface area (Å²) in [6.45, 7) is 4.24. The summed E-state index contributed by atoms with van der Waals surface area (Å²) in [6, 6.07) is 13.2. The van der Waals surface area contributed by atoms with Crippen LogP contribution in [0.5, 0.6) is 0 Å². The smallest absolute Gasteiger partial charge is 0.0571 e. The molecule has 1 heterocycles. The van der Waals surface area contributed by atoms with Gasteiger partial charge in [-0.25, -0.2) is 0 Å². The molecule has 1 aromatic carbocycles. The number of aromatic nitrogens is 1. The van der Waals surface area contributed by atoms with Gasteiger partial charge in [-0.1, -0.05) is 29.8 Å². The van der Waals surface area contributed by atoms with Gasteiger partial charge in [0.2, 0.25) is 0 Å². The first-order valence-electron chi connectivity index (χ1n) is 6.50. The number of hydrogen-bond acceptors (Lipinski definition) is 3. The van der Waals surface area contributed by atoms with Crippen LogP contribution in [-0.2, 0) is 5.75 Å². The average Bonchev–Trinajstić information content (AvgIpc) is 2.45. The number of aryl methyl sites for hydroxylation is 1. The summed E-state index contributed by atoms with van der Waals surface area (Å²) in [4.78, 5) is 5.71. The predicted octanol–water partition coefficient (Wildman–Crippen LogP) is 3.96. The number of rotatable bonds is 5. The Labute approximate surface area is 119 Å². The van der Waals surface area contributed by atoms with Gasteiger partial charge in [0.1, 0.15) is 0 Å². The summed E-state index contributed by atoms with van der Waals surface area (Å²) >= 11 is 1.83. The molecule has 0 aliphatic heterocycles. The SMILES string of the molecule is CNC(C)c1ccc(SCc2cccc(C)c2)cn1. The van der Waals surface area contributed by atoms with Gasteiger partial charge in [0, 0.05) is 22.9 Å². The van der Waals surface area contributed by atoms with Gasteiger partial charge in [-0.15, -0.1) is 11.8 Å². The van der Waals surface area contributed by atoms with Crippen molar-refractivity contribution in [2.75, 3.05) is 7.05 Å². The van der Waals surface area contributed by atoms with Crippen LogP contribution in [-0.4, -0.2) is 12.0 Å². The van der Waals surface area contributed by atoms with E-state index in [0.717, 1.165) is 11.4 Å². The summed E-state index contributed by atoms with van der Waals surface area (Å²) in [5.74, 6) is 0.990.